The molecule has 2 rings (SSSR count). The molecule has 0 aliphatic carbocycles. The average molecular weight is 260 g/mol. The minimum absolute atomic E-state index is 0.372. The number of hydrogen-bond donors (Lipinski definition) is 0. The van der Waals surface area contributed by atoms with Crippen LogP contribution in [0.2, 0.25) is 15.2 Å². The standard InChI is InChI=1S/C10H5Cl3N2/c1-15-9-6(7(4-14)10(15)13)2-5(11)3-8(9)12/h2-3H,1H3. The van der Waals surface area contributed by atoms with Crippen molar-refractivity contribution in [3.05, 3.63) is 32.9 Å². The zero-order valence-corrected chi connectivity index (χ0v) is 9.95. The number of hydrogen-bond acceptors (Lipinski definition) is 1. The number of nitrogens with zero attached hydrogens (tertiary/aromatic N) is 2. The molecular formula is C10H5Cl3N2. The van der Waals surface area contributed by atoms with Gasteiger partial charge in [-0.3, -0.25) is 0 Å². The highest BCUT2D eigenvalue weighted by Crippen LogP contribution is 2.35. The van der Waals surface area contributed by atoms with Crippen molar-refractivity contribution in [3.8, 4) is 6.07 Å². The maximum atomic E-state index is 8.98. The van der Waals surface area contributed by atoms with Crippen LogP contribution in [-0.4, -0.2) is 4.57 Å². The fraction of sp³-hybridized carbons (Fsp3) is 0.100. The molecule has 0 N–H and O–H groups in total. The van der Waals surface area contributed by atoms with Gasteiger partial charge in [-0.1, -0.05) is 34.8 Å². The Balaban J connectivity index is 3.05. The molecule has 0 fully saturated rings. The molecule has 15 heavy (non-hydrogen) atoms. The van der Waals surface area contributed by atoms with Gasteiger partial charge in [-0.25, -0.2) is 0 Å². The van der Waals surface area contributed by atoms with Crippen LogP contribution in [0.15, 0.2) is 12.1 Å². The Hall–Kier alpha value is -0.880. The first-order valence-electron chi connectivity index (χ1n) is 4.09. The van der Waals surface area contributed by atoms with Crippen molar-refractivity contribution in [1.29, 1.82) is 5.26 Å². The van der Waals surface area contributed by atoms with Crippen molar-refractivity contribution in [2.75, 3.05) is 0 Å². The quantitative estimate of drug-likeness (QED) is 0.703. The third-order valence-electron chi connectivity index (χ3n) is 2.25. The molecule has 0 unspecified atom stereocenters. The molecule has 0 amide bonds. The van der Waals surface area contributed by atoms with Crippen molar-refractivity contribution in [3.63, 3.8) is 0 Å². The second-order valence-corrected chi connectivity index (χ2v) is 4.32. The van der Waals surface area contributed by atoms with Crippen LogP contribution in [0.3, 0.4) is 0 Å². The zero-order valence-electron chi connectivity index (χ0n) is 7.68. The van der Waals surface area contributed by atoms with E-state index in [4.69, 9.17) is 40.1 Å². The summed E-state index contributed by atoms with van der Waals surface area (Å²) in [7, 11) is 1.76. The molecule has 0 radical (unpaired) electrons. The lowest BCUT2D eigenvalue weighted by atomic mass is 10.2. The van der Waals surface area contributed by atoms with Crippen LogP contribution in [-0.2, 0) is 7.05 Å². The summed E-state index contributed by atoms with van der Waals surface area (Å²) in [5.41, 5.74) is 1.13. The number of rotatable bonds is 0. The molecule has 0 atom stereocenters. The van der Waals surface area contributed by atoms with E-state index in [2.05, 4.69) is 0 Å². The van der Waals surface area contributed by atoms with E-state index in [0.717, 1.165) is 5.52 Å². The van der Waals surface area contributed by atoms with Gasteiger partial charge < -0.3 is 4.57 Å². The van der Waals surface area contributed by atoms with E-state index >= 15 is 0 Å². The van der Waals surface area contributed by atoms with Crippen LogP contribution >= 0.6 is 34.8 Å². The highest BCUT2D eigenvalue weighted by molar-refractivity contribution is 6.40. The second-order valence-electron chi connectivity index (χ2n) is 3.12. The van der Waals surface area contributed by atoms with Gasteiger partial charge in [0.15, 0.2) is 0 Å². The Morgan fingerprint density at radius 1 is 1.27 bits per heavy atom. The van der Waals surface area contributed by atoms with Gasteiger partial charge >= 0.3 is 0 Å². The predicted octanol–water partition coefficient (Wildman–Crippen LogP) is 4.01. The minimum atomic E-state index is 0.372. The molecule has 76 valence electrons. The van der Waals surface area contributed by atoms with E-state index in [1.165, 1.54) is 0 Å². The van der Waals surface area contributed by atoms with Gasteiger partial charge in [0.05, 0.1) is 16.1 Å². The first-order chi connectivity index (χ1) is 7.06. The smallest absolute Gasteiger partial charge is 0.127 e. The summed E-state index contributed by atoms with van der Waals surface area (Å²) in [6.07, 6.45) is 0. The van der Waals surface area contributed by atoms with Gasteiger partial charge in [0.25, 0.3) is 0 Å². The molecule has 1 aromatic heterocycles. The Morgan fingerprint density at radius 3 is 2.53 bits per heavy atom. The van der Waals surface area contributed by atoms with Crippen molar-refractivity contribution < 1.29 is 0 Å². The van der Waals surface area contributed by atoms with Crippen LogP contribution in [0.25, 0.3) is 10.9 Å². The lowest BCUT2D eigenvalue weighted by molar-refractivity contribution is 0.968. The van der Waals surface area contributed by atoms with Crippen molar-refractivity contribution in [1.82, 2.24) is 4.57 Å². The highest BCUT2D eigenvalue weighted by atomic mass is 35.5. The predicted molar refractivity (Wildman–Crippen MR) is 62.7 cm³/mol. The zero-order chi connectivity index (χ0) is 11.2. The van der Waals surface area contributed by atoms with E-state index < -0.39 is 0 Å². The van der Waals surface area contributed by atoms with E-state index in [-0.39, 0.29) is 0 Å². The first kappa shape index (κ1) is 10.6. The summed E-state index contributed by atoms with van der Waals surface area (Å²) >= 11 is 17.9. The number of halogens is 3. The molecular weight excluding hydrogens is 254 g/mol. The lowest BCUT2D eigenvalue weighted by Gasteiger charge is -2.00. The third kappa shape index (κ3) is 1.48. The summed E-state index contributed by atoms with van der Waals surface area (Å²) < 4.78 is 1.67. The second kappa shape index (κ2) is 3.61. The molecule has 0 aliphatic rings. The summed E-state index contributed by atoms with van der Waals surface area (Å²) in [5, 5.41) is 11.0. The Bertz CT molecular complexity index is 593. The molecule has 5 heteroatoms. The third-order valence-corrected chi connectivity index (χ3v) is 3.19. The average Bonchev–Trinajstić information content (AvgIpc) is 2.39. The van der Waals surface area contributed by atoms with Gasteiger partial charge in [-0.05, 0) is 12.1 Å². The Labute approximate surface area is 102 Å². The molecule has 1 aromatic carbocycles. The monoisotopic (exact) mass is 258 g/mol. The summed E-state index contributed by atoms with van der Waals surface area (Å²) in [6.45, 7) is 0. The molecule has 0 spiro atoms. The number of nitriles is 1. The molecule has 0 aliphatic heterocycles. The van der Waals surface area contributed by atoms with Crippen LogP contribution in [0, 0.1) is 11.3 Å². The Morgan fingerprint density at radius 2 is 1.93 bits per heavy atom. The van der Waals surface area contributed by atoms with Gasteiger partial charge in [0, 0.05) is 17.5 Å². The maximum Gasteiger partial charge on any atom is 0.127 e. The molecule has 0 bridgehead atoms. The SMILES string of the molecule is Cn1c(Cl)c(C#N)c2cc(Cl)cc(Cl)c21. The Kier molecular flexibility index (Phi) is 2.56. The number of fused-ring (bicyclic) bond motifs is 1. The topological polar surface area (TPSA) is 28.7 Å². The summed E-state index contributed by atoms with van der Waals surface area (Å²) in [4.78, 5) is 0. The number of benzene rings is 1. The van der Waals surface area contributed by atoms with Crippen molar-refractivity contribution >= 4 is 45.7 Å². The number of aromatic nitrogens is 1. The fourth-order valence-corrected chi connectivity index (χ4v) is 2.43. The van der Waals surface area contributed by atoms with Crippen LogP contribution < -0.4 is 0 Å². The maximum absolute atomic E-state index is 8.98. The largest absolute Gasteiger partial charge is 0.332 e. The molecule has 2 aromatic rings. The van der Waals surface area contributed by atoms with Crippen LogP contribution in [0.4, 0.5) is 0 Å². The lowest BCUT2D eigenvalue weighted by Crippen LogP contribution is -1.87. The van der Waals surface area contributed by atoms with E-state index in [9.17, 15) is 0 Å². The normalized spacial score (nSPS) is 10.6. The van der Waals surface area contributed by atoms with E-state index in [1.54, 1.807) is 23.7 Å². The van der Waals surface area contributed by atoms with Gasteiger partial charge in [-0.15, -0.1) is 0 Å². The van der Waals surface area contributed by atoms with Crippen LogP contribution in [0.1, 0.15) is 5.56 Å². The number of aryl methyl sites for hydroxylation is 1. The van der Waals surface area contributed by atoms with Crippen LogP contribution in [0.5, 0.6) is 0 Å². The fourth-order valence-electron chi connectivity index (χ4n) is 1.58. The molecule has 0 saturated carbocycles. The molecule has 2 nitrogen and oxygen atoms in total. The minimum Gasteiger partial charge on any atom is -0.332 e. The summed E-state index contributed by atoms with van der Waals surface area (Å²) in [6, 6.07) is 5.36. The van der Waals surface area contributed by atoms with Gasteiger partial charge in [0.2, 0.25) is 0 Å². The van der Waals surface area contributed by atoms with Crippen molar-refractivity contribution in [2.24, 2.45) is 7.05 Å². The first-order valence-corrected chi connectivity index (χ1v) is 5.22. The van der Waals surface area contributed by atoms with E-state index in [0.29, 0.717) is 26.1 Å². The highest BCUT2D eigenvalue weighted by Gasteiger charge is 2.16. The van der Waals surface area contributed by atoms with Crippen molar-refractivity contribution in [2.45, 2.75) is 0 Å². The molecule has 1 heterocycles. The van der Waals surface area contributed by atoms with E-state index in [1.807, 2.05) is 6.07 Å². The molecule has 0 saturated heterocycles. The summed E-state index contributed by atoms with van der Waals surface area (Å²) in [5.74, 6) is 0. The van der Waals surface area contributed by atoms with Gasteiger partial charge in [0.1, 0.15) is 11.2 Å². The van der Waals surface area contributed by atoms with Gasteiger partial charge in [-0.2, -0.15) is 5.26 Å².